The number of benzene rings is 1. The molecule has 1 aromatic carbocycles. The molecule has 0 saturated heterocycles. The zero-order valence-corrected chi connectivity index (χ0v) is 10.1. The number of nitrogens with zero attached hydrogens (tertiary/aromatic N) is 1. The second-order valence-corrected chi connectivity index (χ2v) is 4.18. The van der Waals surface area contributed by atoms with Crippen LogP contribution < -0.4 is 5.56 Å². The highest BCUT2D eigenvalue weighted by Crippen LogP contribution is 2.24. The quantitative estimate of drug-likeness (QED) is 0.866. The van der Waals surface area contributed by atoms with Crippen molar-refractivity contribution in [2.75, 3.05) is 0 Å². The van der Waals surface area contributed by atoms with Gasteiger partial charge in [-0.05, 0) is 18.2 Å². The van der Waals surface area contributed by atoms with Crippen molar-refractivity contribution >= 4 is 28.5 Å². The van der Waals surface area contributed by atoms with Gasteiger partial charge in [0.15, 0.2) is 0 Å². The molecular weight excluding hydrogens is 254 g/mol. The van der Waals surface area contributed by atoms with Gasteiger partial charge in [0.2, 0.25) is 0 Å². The lowest BCUT2D eigenvalue weighted by molar-refractivity contribution is 0.0697. The van der Waals surface area contributed by atoms with Crippen molar-refractivity contribution in [3.63, 3.8) is 0 Å². The van der Waals surface area contributed by atoms with E-state index in [1.54, 1.807) is 12.1 Å². The van der Waals surface area contributed by atoms with Gasteiger partial charge < -0.3 is 9.67 Å². The van der Waals surface area contributed by atoms with E-state index in [1.165, 1.54) is 22.8 Å². The summed E-state index contributed by atoms with van der Waals surface area (Å²) in [5, 5.41) is 9.81. The first kappa shape index (κ1) is 12.4. The summed E-state index contributed by atoms with van der Waals surface area (Å²) in [5.41, 5.74) is 0.415. The zero-order valence-electron chi connectivity index (χ0n) is 9.39. The van der Waals surface area contributed by atoms with E-state index in [0.717, 1.165) is 0 Å². The van der Waals surface area contributed by atoms with Gasteiger partial charge in [-0.3, -0.25) is 4.79 Å². The van der Waals surface area contributed by atoms with E-state index in [0.29, 0.717) is 17.4 Å². The number of pyridine rings is 1. The molecule has 1 aromatic heterocycles. The summed E-state index contributed by atoms with van der Waals surface area (Å²) in [7, 11) is 0. The van der Waals surface area contributed by atoms with E-state index in [4.69, 9.17) is 16.7 Å². The van der Waals surface area contributed by atoms with Crippen LogP contribution in [-0.2, 0) is 6.54 Å². The number of hydrogen-bond donors (Lipinski definition) is 1. The average molecular weight is 264 g/mol. The van der Waals surface area contributed by atoms with Gasteiger partial charge in [-0.2, -0.15) is 0 Å². The van der Waals surface area contributed by atoms with Crippen LogP contribution in [0.1, 0.15) is 10.4 Å². The summed E-state index contributed by atoms with van der Waals surface area (Å²) in [6.07, 6.45) is 1.59. The Morgan fingerprint density at radius 2 is 2.17 bits per heavy atom. The molecule has 18 heavy (non-hydrogen) atoms. The lowest BCUT2D eigenvalue weighted by atomic mass is 10.1. The molecule has 0 fully saturated rings. The fourth-order valence-corrected chi connectivity index (χ4v) is 2.16. The molecule has 0 atom stereocenters. The third kappa shape index (κ3) is 2.02. The van der Waals surface area contributed by atoms with Crippen LogP contribution in [0.2, 0.25) is 5.02 Å². The highest BCUT2D eigenvalue weighted by Gasteiger charge is 2.11. The van der Waals surface area contributed by atoms with Crippen molar-refractivity contribution in [2.24, 2.45) is 0 Å². The molecule has 0 aliphatic carbocycles. The Hall–Kier alpha value is -2.07. The minimum atomic E-state index is -1.06. The van der Waals surface area contributed by atoms with E-state index in [1.807, 2.05) is 0 Å². The number of allylic oxidation sites excluding steroid dienone is 1. The van der Waals surface area contributed by atoms with Gasteiger partial charge in [-0.25, -0.2) is 4.79 Å². The highest BCUT2D eigenvalue weighted by molar-refractivity contribution is 6.35. The summed E-state index contributed by atoms with van der Waals surface area (Å²) in [4.78, 5) is 22.7. The van der Waals surface area contributed by atoms with E-state index >= 15 is 0 Å². The van der Waals surface area contributed by atoms with Crippen LogP contribution in [0.25, 0.3) is 10.9 Å². The maximum atomic E-state index is 11.7. The smallest absolute Gasteiger partial charge is 0.335 e. The summed E-state index contributed by atoms with van der Waals surface area (Å²) < 4.78 is 1.45. The van der Waals surface area contributed by atoms with Gasteiger partial charge in [-0.15, -0.1) is 6.58 Å². The molecule has 0 bridgehead atoms. The summed E-state index contributed by atoms with van der Waals surface area (Å²) in [6.45, 7) is 3.90. The van der Waals surface area contributed by atoms with Crippen molar-refractivity contribution in [3.05, 3.63) is 57.9 Å². The molecule has 0 aliphatic rings. The van der Waals surface area contributed by atoms with Gasteiger partial charge in [-0.1, -0.05) is 17.7 Å². The lowest BCUT2D eigenvalue weighted by Gasteiger charge is -2.10. The van der Waals surface area contributed by atoms with Crippen LogP contribution in [0.15, 0.2) is 41.7 Å². The van der Waals surface area contributed by atoms with Crippen LogP contribution >= 0.6 is 11.6 Å². The fraction of sp³-hybridized carbons (Fsp3) is 0.0769. The molecular formula is C13H10ClNO3. The minimum Gasteiger partial charge on any atom is -0.478 e. The minimum absolute atomic E-state index is 0.0938. The lowest BCUT2D eigenvalue weighted by Crippen LogP contribution is -2.18. The number of aromatic nitrogens is 1. The van der Waals surface area contributed by atoms with Crippen molar-refractivity contribution in [1.82, 2.24) is 4.57 Å². The molecule has 0 amide bonds. The van der Waals surface area contributed by atoms with E-state index in [2.05, 4.69) is 6.58 Å². The van der Waals surface area contributed by atoms with Gasteiger partial charge in [0.05, 0.1) is 16.1 Å². The third-order valence-corrected chi connectivity index (χ3v) is 2.88. The van der Waals surface area contributed by atoms with Gasteiger partial charge in [0.1, 0.15) is 0 Å². The first-order chi connectivity index (χ1) is 8.54. The molecule has 0 unspecified atom stereocenters. The average Bonchev–Trinajstić information content (AvgIpc) is 2.32. The fourth-order valence-electron chi connectivity index (χ4n) is 1.83. The normalized spacial score (nSPS) is 10.5. The van der Waals surface area contributed by atoms with Crippen LogP contribution in [-0.4, -0.2) is 15.6 Å². The number of halogens is 1. The highest BCUT2D eigenvalue weighted by atomic mass is 35.5. The molecule has 2 rings (SSSR count). The molecule has 0 spiro atoms. The van der Waals surface area contributed by atoms with Crippen LogP contribution in [0.4, 0.5) is 0 Å². The van der Waals surface area contributed by atoms with E-state index < -0.39 is 5.97 Å². The molecule has 1 heterocycles. The number of aromatic carboxylic acids is 1. The first-order valence-corrected chi connectivity index (χ1v) is 5.59. The van der Waals surface area contributed by atoms with Crippen LogP contribution in [0.5, 0.6) is 0 Å². The maximum Gasteiger partial charge on any atom is 0.335 e. The predicted octanol–water partition coefficient (Wildman–Crippen LogP) is 2.54. The van der Waals surface area contributed by atoms with E-state index in [9.17, 15) is 9.59 Å². The molecule has 4 nitrogen and oxygen atoms in total. The number of fused-ring (bicyclic) bond motifs is 1. The van der Waals surface area contributed by atoms with Crippen LogP contribution in [0, 0.1) is 0 Å². The summed E-state index contributed by atoms with van der Waals surface area (Å²) in [6, 6.07) is 5.77. The van der Waals surface area contributed by atoms with Crippen molar-refractivity contribution in [3.8, 4) is 0 Å². The second-order valence-electron chi connectivity index (χ2n) is 3.77. The maximum absolute atomic E-state index is 11.7. The monoisotopic (exact) mass is 263 g/mol. The number of carbonyl (C=O) groups is 1. The molecule has 92 valence electrons. The van der Waals surface area contributed by atoms with Crippen molar-refractivity contribution in [2.45, 2.75) is 6.54 Å². The van der Waals surface area contributed by atoms with Gasteiger partial charge >= 0.3 is 5.97 Å². The third-order valence-electron chi connectivity index (χ3n) is 2.59. The SMILES string of the molecule is C=CCn1c(=O)ccc2cc(C(=O)O)cc(Cl)c21. The topological polar surface area (TPSA) is 59.3 Å². The predicted molar refractivity (Wildman–Crippen MR) is 70.4 cm³/mol. The Morgan fingerprint density at radius 3 is 2.78 bits per heavy atom. The molecule has 0 aliphatic heterocycles. The standard InChI is InChI=1S/C13H10ClNO3/c1-2-5-15-11(16)4-3-8-6-9(13(17)18)7-10(14)12(8)15/h2-4,6-7H,1,5H2,(H,17,18). The first-order valence-electron chi connectivity index (χ1n) is 5.22. The number of carboxylic acid groups (broad SMARTS) is 1. The zero-order chi connectivity index (χ0) is 13.3. The molecule has 0 radical (unpaired) electrons. The molecule has 2 aromatic rings. The molecule has 1 N–H and O–H groups in total. The van der Waals surface area contributed by atoms with E-state index in [-0.39, 0.29) is 16.1 Å². The number of hydrogen-bond acceptors (Lipinski definition) is 2. The Morgan fingerprint density at radius 1 is 1.44 bits per heavy atom. The van der Waals surface area contributed by atoms with Gasteiger partial charge in [0.25, 0.3) is 5.56 Å². The Balaban J connectivity index is 2.86. The number of rotatable bonds is 3. The number of carboxylic acids is 1. The van der Waals surface area contributed by atoms with Crippen molar-refractivity contribution < 1.29 is 9.90 Å². The molecule has 5 heteroatoms. The summed E-state index contributed by atoms with van der Waals surface area (Å²) in [5.74, 6) is -1.06. The van der Waals surface area contributed by atoms with Gasteiger partial charge in [0, 0.05) is 18.0 Å². The Bertz CT molecular complexity index is 703. The summed E-state index contributed by atoms with van der Waals surface area (Å²) >= 11 is 6.06. The van der Waals surface area contributed by atoms with Crippen LogP contribution in [0.3, 0.4) is 0 Å². The largest absolute Gasteiger partial charge is 0.478 e. The second kappa shape index (κ2) is 4.66. The Labute approximate surface area is 108 Å². The van der Waals surface area contributed by atoms with Crippen molar-refractivity contribution in [1.29, 1.82) is 0 Å². The molecule has 0 saturated carbocycles. The Kier molecular flexibility index (Phi) is 3.21.